The maximum atomic E-state index is 12.1. The van der Waals surface area contributed by atoms with Crippen LogP contribution >= 0.6 is 0 Å². The van der Waals surface area contributed by atoms with Crippen LogP contribution in [0.5, 0.6) is 5.88 Å². The molecule has 0 radical (unpaired) electrons. The Morgan fingerprint density at radius 3 is 2.91 bits per heavy atom. The normalized spacial score (nSPS) is 24.3. The van der Waals surface area contributed by atoms with E-state index in [0.29, 0.717) is 38.4 Å². The number of ether oxygens (including phenoxy) is 2. The summed E-state index contributed by atoms with van der Waals surface area (Å²) in [6.07, 6.45) is 5.36. The molecular formula is C15H23N3O4S. The Balaban J connectivity index is 1.60. The van der Waals surface area contributed by atoms with Gasteiger partial charge in [0.1, 0.15) is 6.10 Å². The number of aromatic nitrogens is 2. The number of rotatable bonds is 5. The van der Waals surface area contributed by atoms with Crippen LogP contribution in [-0.4, -0.2) is 59.8 Å². The molecular weight excluding hydrogens is 318 g/mol. The number of hydrogen-bond acceptors (Lipinski definition) is 6. The van der Waals surface area contributed by atoms with E-state index in [4.69, 9.17) is 9.47 Å². The average molecular weight is 341 g/mol. The maximum absolute atomic E-state index is 12.1. The van der Waals surface area contributed by atoms with E-state index in [9.17, 15) is 8.42 Å². The molecule has 0 aromatic carbocycles. The van der Waals surface area contributed by atoms with Crippen molar-refractivity contribution in [1.29, 1.82) is 0 Å². The lowest BCUT2D eigenvalue weighted by Gasteiger charge is -2.51. The molecule has 2 saturated heterocycles. The van der Waals surface area contributed by atoms with Gasteiger partial charge in [-0.1, -0.05) is 6.92 Å². The van der Waals surface area contributed by atoms with E-state index in [0.717, 1.165) is 12.1 Å². The standard InChI is InChI=1S/C15H23N3O4S/c1-3-6-23(19,20)18-10-15(11-18)7-13(4-5-21-15)22-14-9-16-8-12(2)17-14/h8-9,13H,3-7,10-11H2,1-2H3/t13-/m0/s1. The van der Waals surface area contributed by atoms with Crippen molar-refractivity contribution in [3.8, 4) is 5.88 Å². The lowest BCUT2D eigenvalue weighted by Crippen LogP contribution is -2.67. The van der Waals surface area contributed by atoms with Crippen LogP contribution in [0.25, 0.3) is 0 Å². The summed E-state index contributed by atoms with van der Waals surface area (Å²) in [5, 5.41) is 0. The van der Waals surface area contributed by atoms with Crippen molar-refractivity contribution in [2.45, 2.75) is 44.8 Å². The zero-order valence-corrected chi connectivity index (χ0v) is 14.4. The third-order valence-corrected chi connectivity index (χ3v) is 6.22. The molecule has 2 fully saturated rings. The molecule has 0 saturated carbocycles. The van der Waals surface area contributed by atoms with Crippen molar-refractivity contribution in [1.82, 2.24) is 14.3 Å². The molecule has 128 valence electrons. The highest BCUT2D eigenvalue weighted by Gasteiger charge is 2.51. The van der Waals surface area contributed by atoms with E-state index in [1.807, 2.05) is 13.8 Å². The van der Waals surface area contributed by atoms with Gasteiger partial charge < -0.3 is 9.47 Å². The van der Waals surface area contributed by atoms with Crippen LogP contribution in [0.15, 0.2) is 12.4 Å². The molecule has 1 aromatic rings. The number of sulfonamides is 1. The number of hydrogen-bond donors (Lipinski definition) is 0. The van der Waals surface area contributed by atoms with Crippen molar-refractivity contribution in [2.75, 3.05) is 25.4 Å². The molecule has 3 heterocycles. The highest BCUT2D eigenvalue weighted by molar-refractivity contribution is 7.89. The van der Waals surface area contributed by atoms with Crippen molar-refractivity contribution >= 4 is 10.0 Å². The van der Waals surface area contributed by atoms with Crippen molar-refractivity contribution in [3.63, 3.8) is 0 Å². The number of nitrogens with zero attached hydrogens (tertiary/aromatic N) is 3. The first-order valence-electron chi connectivity index (χ1n) is 7.99. The topological polar surface area (TPSA) is 81.6 Å². The number of aryl methyl sites for hydroxylation is 1. The van der Waals surface area contributed by atoms with Crippen LogP contribution in [0.3, 0.4) is 0 Å². The molecule has 2 aliphatic heterocycles. The maximum Gasteiger partial charge on any atom is 0.232 e. The Labute approximate surface area is 137 Å². The first-order chi connectivity index (χ1) is 10.9. The summed E-state index contributed by atoms with van der Waals surface area (Å²) in [6.45, 7) is 5.17. The van der Waals surface area contributed by atoms with Gasteiger partial charge in [0.25, 0.3) is 0 Å². The fourth-order valence-electron chi connectivity index (χ4n) is 3.15. The molecule has 23 heavy (non-hydrogen) atoms. The van der Waals surface area contributed by atoms with Gasteiger partial charge in [-0.15, -0.1) is 0 Å². The second-order valence-corrected chi connectivity index (χ2v) is 8.44. The molecule has 0 N–H and O–H groups in total. The summed E-state index contributed by atoms with van der Waals surface area (Å²) in [4.78, 5) is 8.38. The van der Waals surface area contributed by atoms with E-state index >= 15 is 0 Å². The minimum atomic E-state index is -3.14. The Morgan fingerprint density at radius 1 is 1.43 bits per heavy atom. The fraction of sp³-hybridized carbons (Fsp3) is 0.733. The van der Waals surface area contributed by atoms with Crippen molar-refractivity contribution in [2.24, 2.45) is 0 Å². The fourth-order valence-corrected chi connectivity index (χ4v) is 4.79. The minimum absolute atomic E-state index is 0.0177. The molecule has 8 heteroatoms. The highest BCUT2D eigenvalue weighted by atomic mass is 32.2. The van der Waals surface area contributed by atoms with E-state index < -0.39 is 15.6 Å². The minimum Gasteiger partial charge on any atom is -0.473 e. The van der Waals surface area contributed by atoms with Crippen LogP contribution in [0.4, 0.5) is 0 Å². The quantitative estimate of drug-likeness (QED) is 0.799. The Hall–Kier alpha value is -1.25. The predicted molar refractivity (Wildman–Crippen MR) is 84.8 cm³/mol. The zero-order valence-electron chi connectivity index (χ0n) is 13.6. The summed E-state index contributed by atoms with van der Waals surface area (Å²) in [6, 6.07) is 0. The van der Waals surface area contributed by atoms with Crippen LogP contribution in [0.1, 0.15) is 31.9 Å². The summed E-state index contributed by atoms with van der Waals surface area (Å²) in [5.41, 5.74) is 0.408. The average Bonchev–Trinajstić information content (AvgIpc) is 2.45. The van der Waals surface area contributed by atoms with E-state index in [-0.39, 0.29) is 11.9 Å². The van der Waals surface area contributed by atoms with Gasteiger partial charge in [-0.25, -0.2) is 13.4 Å². The smallest absolute Gasteiger partial charge is 0.232 e. The van der Waals surface area contributed by atoms with Crippen LogP contribution in [0, 0.1) is 6.92 Å². The molecule has 1 aromatic heterocycles. The molecule has 2 aliphatic rings. The summed E-state index contributed by atoms with van der Waals surface area (Å²) >= 11 is 0. The third kappa shape index (κ3) is 3.64. The van der Waals surface area contributed by atoms with Gasteiger partial charge in [-0.3, -0.25) is 4.98 Å². The largest absolute Gasteiger partial charge is 0.473 e. The van der Waals surface area contributed by atoms with Gasteiger partial charge in [0.15, 0.2) is 0 Å². The lowest BCUT2D eigenvalue weighted by atomic mass is 9.86. The molecule has 1 atom stereocenters. The predicted octanol–water partition coefficient (Wildman–Crippen LogP) is 1.14. The van der Waals surface area contributed by atoms with Gasteiger partial charge in [0.2, 0.25) is 15.9 Å². The summed E-state index contributed by atoms with van der Waals surface area (Å²) in [5.74, 6) is 0.712. The molecule has 0 bridgehead atoms. The van der Waals surface area contributed by atoms with Crippen LogP contribution in [-0.2, 0) is 14.8 Å². The molecule has 1 spiro atoms. The SMILES string of the molecule is CCCS(=O)(=O)N1CC2(C[C@@H](Oc3cncc(C)n3)CCO2)C1. The van der Waals surface area contributed by atoms with Crippen LogP contribution < -0.4 is 4.74 Å². The summed E-state index contributed by atoms with van der Waals surface area (Å²) in [7, 11) is -3.14. The molecule has 7 nitrogen and oxygen atoms in total. The monoisotopic (exact) mass is 341 g/mol. The second-order valence-electron chi connectivity index (χ2n) is 6.35. The Bertz CT molecular complexity index is 658. The Morgan fingerprint density at radius 2 is 2.22 bits per heavy atom. The first-order valence-corrected chi connectivity index (χ1v) is 9.60. The van der Waals surface area contributed by atoms with Gasteiger partial charge in [-0.2, -0.15) is 4.31 Å². The molecule has 3 rings (SSSR count). The first kappa shape index (κ1) is 16.6. The van der Waals surface area contributed by atoms with Crippen molar-refractivity contribution in [3.05, 3.63) is 18.1 Å². The van der Waals surface area contributed by atoms with Gasteiger partial charge in [0.05, 0.1) is 29.9 Å². The van der Waals surface area contributed by atoms with Crippen LogP contribution in [0.2, 0.25) is 0 Å². The van der Waals surface area contributed by atoms with Gasteiger partial charge >= 0.3 is 0 Å². The van der Waals surface area contributed by atoms with E-state index in [1.165, 1.54) is 4.31 Å². The van der Waals surface area contributed by atoms with Gasteiger partial charge in [0, 0.05) is 32.1 Å². The third-order valence-electron chi connectivity index (χ3n) is 4.25. The zero-order chi connectivity index (χ0) is 16.5. The summed E-state index contributed by atoms with van der Waals surface area (Å²) < 4.78 is 37.4. The van der Waals surface area contributed by atoms with E-state index in [1.54, 1.807) is 12.4 Å². The highest BCUT2D eigenvalue weighted by Crippen LogP contribution is 2.37. The molecule has 0 aliphatic carbocycles. The molecule has 0 unspecified atom stereocenters. The second kappa shape index (κ2) is 6.33. The van der Waals surface area contributed by atoms with E-state index in [2.05, 4.69) is 9.97 Å². The van der Waals surface area contributed by atoms with Crippen molar-refractivity contribution < 1.29 is 17.9 Å². The Kier molecular flexibility index (Phi) is 4.57. The van der Waals surface area contributed by atoms with Gasteiger partial charge in [-0.05, 0) is 13.3 Å². The lowest BCUT2D eigenvalue weighted by molar-refractivity contribution is -0.165. The molecule has 0 amide bonds.